The van der Waals surface area contributed by atoms with Crippen molar-refractivity contribution in [2.45, 2.75) is 51.2 Å². The van der Waals surface area contributed by atoms with Gasteiger partial charge >= 0.3 is 0 Å². The van der Waals surface area contributed by atoms with Crippen LogP contribution < -0.4 is 5.73 Å². The topological polar surface area (TPSA) is 48.1 Å². The Morgan fingerprint density at radius 3 is 2.78 bits per heavy atom. The third kappa shape index (κ3) is 3.30. The molecular weight excluding hydrogens is 224 g/mol. The van der Waals surface area contributed by atoms with E-state index >= 15 is 0 Å². The molecule has 3 heteroatoms. The molecule has 0 radical (unpaired) electrons. The third-order valence-electron chi connectivity index (χ3n) is 3.90. The number of nitrogens with two attached hydrogens (primary N) is 1. The van der Waals surface area contributed by atoms with Gasteiger partial charge in [-0.2, -0.15) is 0 Å². The number of hydrogen-bond donors (Lipinski definition) is 1. The summed E-state index contributed by atoms with van der Waals surface area (Å²) in [6.45, 7) is 2.78. The molecule has 18 heavy (non-hydrogen) atoms. The van der Waals surface area contributed by atoms with Crippen LogP contribution >= 0.6 is 0 Å². The van der Waals surface area contributed by atoms with Crippen LogP contribution in [0.3, 0.4) is 0 Å². The molecule has 1 saturated carbocycles. The summed E-state index contributed by atoms with van der Waals surface area (Å²) in [5, 5.41) is 0. The predicted octanol–water partition coefficient (Wildman–Crippen LogP) is 3.07. The third-order valence-corrected chi connectivity index (χ3v) is 3.90. The smallest absolute Gasteiger partial charge is 0.0796 e. The maximum Gasteiger partial charge on any atom is 0.0796 e. The molecule has 2 rings (SSSR count). The molecule has 0 amide bonds. The number of hydrogen-bond acceptors (Lipinski definition) is 3. The van der Waals surface area contributed by atoms with Crippen LogP contribution in [0.2, 0.25) is 0 Å². The zero-order valence-electron chi connectivity index (χ0n) is 11.2. The molecule has 0 aromatic carbocycles. The highest BCUT2D eigenvalue weighted by Gasteiger charge is 2.29. The summed E-state index contributed by atoms with van der Waals surface area (Å²) in [6.07, 6.45) is 10.3. The zero-order valence-corrected chi connectivity index (χ0v) is 11.2. The molecule has 2 unspecified atom stereocenters. The lowest BCUT2D eigenvalue weighted by molar-refractivity contribution is -0.00991. The van der Waals surface area contributed by atoms with E-state index in [2.05, 4.69) is 4.98 Å². The van der Waals surface area contributed by atoms with Crippen LogP contribution in [0, 0.1) is 5.92 Å². The molecule has 0 saturated heterocycles. The van der Waals surface area contributed by atoms with Gasteiger partial charge in [-0.3, -0.25) is 4.98 Å². The maximum absolute atomic E-state index is 6.39. The number of ether oxygens (including phenoxy) is 1. The molecule has 1 aliphatic rings. The molecule has 3 nitrogen and oxygen atoms in total. The lowest BCUT2D eigenvalue weighted by Gasteiger charge is -2.34. The van der Waals surface area contributed by atoms with E-state index in [1.807, 2.05) is 25.3 Å². The lowest BCUT2D eigenvalue weighted by atomic mass is 9.81. The fraction of sp³-hybridized carbons (Fsp3) is 0.667. The fourth-order valence-electron chi connectivity index (χ4n) is 2.95. The monoisotopic (exact) mass is 248 g/mol. The summed E-state index contributed by atoms with van der Waals surface area (Å²) in [5.74, 6) is 0.605. The summed E-state index contributed by atoms with van der Waals surface area (Å²) in [7, 11) is 0. The Morgan fingerprint density at radius 2 is 2.17 bits per heavy atom. The van der Waals surface area contributed by atoms with E-state index in [9.17, 15) is 0 Å². The normalized spacial score (nSPS) is 20.6. The van der Waals surface area contributed by atoms with Crippen molar-refractivity contribution in [2.75, 3.05) is 6.61 Å². The van der Waals surface area contributed by atoms with Gasteiger partial charge in [-0.1, -0.05) is 25.3 Å². The first-order valence-electron chi connectivity index (χ1n) is 7.10. The van der Waals surface area contributed by atoms with Gasteiger partial charge in [-0.05, 0) is 37.3 Å². The lowest BCUT2D eigenvalue weighted by Crippen LogP contribution is -2.36. The SMILES string of the molecule is CCOC(C1CCCCC1)C(N)c1cccnc1. The van der Waals surface area contributed by atoms with Crippen LogP contribution in [0.25, 0.3) is 0 Å². The molecule has 0 spiro atoms. The molecule has 2 N–H and O–H groups in total. The van der Waals surface area contributed by atoms with Crippen molar-refractivity contribution in [2.24, 2.45) is 11.7 Å². The van der Waals surface area contributed by atoms with Crippen molar-refractivity contribution < 1.29 is 4.74 Å². The quantitative estimate of drug-likeness (QED) is 0.871. The van der Waals surface area contributed by atoms with E-state index in [4.69, 9.17) is 10.5 Å². The molecule has 0 bridgehead atoms. The van der Waals surface area contributed by atoms with Crippen LogP contribution in [0.15, 0.2) is 24.5 Å². The van der Waals surface area contributed by atoms with Crippen molar-refractivity contribution in [1.82, 2.24) is 4.98 Å². The van der Waals surface area contributed by atoms with E-state index in [1.165, 1.54) is 32.1 Å². The van der Waals surface area contributed by atoms with Gasteiger partial charge in [0.05, 0.1) is 12.1 Å². The molecular formula is C15H24N2O. The maximum atomic E-state index is 6.39. The minimum atomic E-state index is -0.0539. The number of aromatic nitrogens is 1. The van der Waals surface area contributed by atoms with Crippen molar-refractivity contribution in [1.29, 1.82) is 0 Å². The second kappa shape index (κ2) is 6.86. The van der Waals surface area contributed by atoms with Crippen molar-refractivity contribution >= 4 is 0 Å². The number of pyridine rings is 1. The van der Waals surface area contributed by atoms with Gasteiger partial charge in [0.15, 0.2) is 0 Å². The van der Waals surface area contributed by atoms with Gasteiger partial charge in [-0.25, -0.2) is 0 Å². The summed E-state index contributed by atoms with van der Waals surface area (Å²) in [5.41, 5.74) is 7.48. The van der Waals surface area contributed by atoms with Gasteiger partial charge in [-0.15, -0.1) is 0 Å². The summed E-state index contributed by atoms with van der Waals surface area (Å²) < 4.78 is 5.94. The Balaban J connectivity index is 2.08. The summed E-state index contributed by atoms with van der Waals surface area (Å²) in [4.78, 5) is 4.16. The minimum Gasteiger partial charge on any atom is -0.376 e. The average molecular weight is 248 g/mol. The standard InChI is InChI=1S/C15H24N2O/c1-2-18-15(12-7-4-3-5-8-12)14(16)13-9-6-10-17-11-13/h6,9-12,14-15H,2-5,7-8,16H2,1H3. The van der Waals surface area contributed by atoms with Crippen LogP contribution in [0.1, 0.15) is 50.6 Å². The Labute approximate surface area is 110 Å². The van der Waals surface area contributed by atoms with E-state index in [1.54, 1.807) is 6.20 Å². The molecule has 1 aromatic rings. The first kappa shape index (κ1) is 13.5. The molecule has 1 aliphatic carbocycles. The van der Waals surface area contributed by atoms with Crippen molar-refractivity contribution in [3.05, 3.63) is 30.1 Å². The summed E-state index contributed by atoms with van der Waals surface area (Å²) >= 11 is 0. The largest absolute Gasteiger partial charge is 0.376 e. The Morgan fingerprint density at radius 1 is 1.39 bits per heavy atom. The van der Waals surface area contributed by atoms with E-state index in [0.29, 0.717) is 5.92 Å². The fourth-order valence-corrected chi connectivity index (χ4v) is 2.95. The molecule has 100 valence electrons. The molecule has 1 heterocycles. The predicted molar refractivity (Wildman–Crippen MR) is 73.2 cm³/mol. The molecule has 2 atom stereocenters. The Bertz CT molecular complexity index is 336. The molecule has 1 fully saturated rings. The number of nitrogens with zero attached hydrogens (tertiary/aromatic N) is 1. The second-order valence-corrected chi connectivity index (χ2v) is 5.13. The second-order valence-electron chi connectivity index (χ2n) is 5.13. The Hall–Kier alpha value is -0.930. The first-order chi connectivity index (χ1) is 8.83. The van der Waals surface area contributed by atoms with E-state index in [-0.39, 0.29) is 12.1 Å². The van der Waals surface area contributed by atoms with Crippen LogP contribution in [0.4, 0.5) is 0 Å². The van der Waals surface area contributed by atoms with Crippen LogP contribution in [-0.4, -0.2) is 17.7 Å². The molecule has 0 aliphatic heterocycles. The minimum absolute atomic E-state index is 0.0539. The van der Waals surface area contributed by atoms with Gasteiger partial charge < -0.3 is 10.5 Å². The highest BCUT2D eigenvalue weighted by molar-refractivity contribution is 5.15. The van der Waals surface area contributed by atoms with Crippen molar-refractivity contribution in [3.63, 3.8) is 0 Å². The van der Waals surface area contributed by atoms with E-state index in [0.717, 1.165) is 12.2 Å². The zero-order chi connectivity index (χ0) is 12.8. The highest BCUT2D eigenvalue weighted by atomic mass is 16.5. The molecule has 1 aromatic heterocycles. The van der Waals surface area contributed by atoms with Gasteiger partial charge in [0.1, 0.15) is 0 Å². The van der Waals surface area contributed by atoms with Crippen LogP contribution in [-0.2, 0) is 4.74 Å². The highest BCUT2D eigenvalue weighted by Crippen LogP contribution is 2.33. The summed E-state index contributed by atoms with van der Waals surface area (Å²) in [6, 6.07) is 3.94. The van der Waals surface area contributed by atoms with Crippen molar-refractivity contribution in [3.8, 4) is 0 Å². The van der Waals surface area contributed by atoms with Crippen LogP contribution in [0.5, 0.6) is 0 Å². The van der Waals surface area contributed by atoms with Gasteiger partial charge in [0.2, 0.25) is 0 Å². The number of rotatable bonds is 5. The van der Waals surface area contributed by atoms with Gasteiger partial charge in [0.25, 0.3) is 0 Å². The van der Waals surface area contributed by atoms with Gasteiger partial charge in [0, 0.05) is 19.0 Å². The van der Waals surface area contributed by atoms with E-state index < -0.39 is 0 Å². The average Bonchev–Trinajstić information content (AvgIpc) is 2.46. The first-order valence-corrected chi connectivity index (χ1v) is 7.10. The Kier molecular flexibility index (Phi) is 5.14.